The van der Waals surface area contributed by atoms with E-state index < -0.39 is 6.10 Å². The lowest BCUT2D eigenvalue weighted by molar-refractivity contribution is -0.128. The summed E-state index contributed by atoms with van der Waals surface area (Å²) >= 11 is 0. The van der Waals surface area contributed by atoms with E-state index in [1.165, 1.54) is 5.56 Å². The Balaban J connectivity index is 2.37. The third-order valence-electron chi connectivity index (χ3n) is 2.93. The van der Waals surface area contributed by atoms with Gasteiger partial charge in [-0.3, -0.25) is 4.79 Å². The molecule has 0 aliphatic heterocycles. The van der Waals surface area contributed by atoms with Crippen LogP contribution in [0.2, 0.25) is 0 Å². The van der Waals surface area contributed by atoms with Crippen LogP contribution in [0.3, 0.4) is 0 Å². The minimum Gasteiger partial charge on any atom is -0.481 e. The fourth-order valence-electron chi connectivity index (χ4n) is 1.75. The Morgan fingerprint density at radius 2 is 1.95 bits per heavy atom. The van der Waals surface area contributed by atoms with Gasteiger partial charge in [0.2, 0.25) is 0 Å². The molecule has 1 atom stereocenters. The zero-order valence-corrected chi connectivity index (χ0v) is 12.6. The molecule has 0 heterocycles. The molecular formula is C16H25NO3. The Morgan fingerprint density at radius 3 is 2.55 bits per heavy atom. The molecule has 1 amide bonds. The molecule has 0 aromatic heterocycles. The highest BCUT2D eigenvalue weighted by molar-refractivity contribution is 5.81. The Kier molecular flexibility index (Phi) is 7.73. The molecule has 0 radical (unpaired) electrons. The van der Waals surface area contributed by atoms with Gasteiger partial charge in [-0.2, -0.15) is 0 Å². The lowest BCUT2D eigenvalue weighted by Crippen LogP contribution is -2.38. The summed E-state index contributed by atoms with van der Waals surface area (Å²) in [5.74, 6) is 0.663. The standard InChI is InChI=1S/C16H25NO3/c1-4-15(16(18)17-11-6-12-19-5-2)20-14-9-7-13(3)8-10-14/h7-10,15H,4-6,11-12H2,1-3H3,(H,17,18)/t15-/m1/s1. The van der Waals surface area contributed by atoms with Gasteiger partial charge >= 0.3 is 0 Å². The number of nitrogens with one attached hydrogen (secondary N) is 1. The van der Waals surface area contributed by atoms with Crippen molar-refractivity contribution >= 4 is 5.91 Å². The van der Waals surface area contributed by atoms with Crippen LogP contribution in [-0.4, -0.2) is 31.8 Å². The van der Waals surface area contributed by atoms with Gasteiger partial charge in [-0.05, 0) is 38.8 Å². The molecule has 4 heteroatoms. The molecule has 112 valence electrons. The summed E-state index contributed by atoms with van der Waals surface area (Å²) in [5.41, 5.74) is 1.17. The summed E-state index contributed by atoms with van der Waals surface area (Å²) < 4.78 is 10.9. The summed E-state index contributed by atoms with van der Waals surface area (Å²) in [6, 6.07) is 7.73. The van der Waals surface area contributed by atoms with E-state index in [9.17, 15) is 4.79 Å². The van der Waals surface area contributed by atoms with E-state index in [0.29, 0.717) is 26.2 Å². The van der Waals surface area contributed by atoms with Gasteiger partial charge in [0.05, 0.1) is 0 Å². The average molecular weight is 279 g/mol. The maximum Gasteiger partial charge on any atom is 0.261 e. The van der Waals surface area contributed by atoms with E-state index in [0.717, 1.165) is 12.2 Å². The molecule has 0 saturated heterocycles. The highest BCUT2D eigenvalue weighted by Crippen LogP contribution is 2.14. The van der Waals surface area contributed by atoms with Gasteiger partial charge in [0.25, 0.3) is 5.91 Å². The Labute approximate surface area is 121 Å². The quantitative estimate of drug-likeness (QED) is 0.707. The molecule has 0 fully saturated rings. The molecular weight excluding hydrogens is 254 g/mol. The van der Waals surface area contributed by atoms with Crippen molar-refractivity contribution in [3.8, 4) is 5.75 Å². The van der Waals surface area contributed by atoms with Gasteiger partial charge < -0.3 is 14.8 Å². The third kappa shape index (κ3) is 6.06. The highest BCUT2D eigenvalue weighted by Gasteiger charge is 2.17. The van der Waals surface area contributed by atoms with Crippen molar-refractivity contribution in [1.82, 2.24) is 5.32 Å². The molecule has 0 spiro atoms. The number of hydrogen-bond donors (Lipinski definition) is 1. The fraction of sp³-hybridized carbons (Fsp3) is 0.562. The first-order valence-corrected chi connectivity index (χ1v) is 7.26. The van der Waals surface area contributed by atoms with Crippen molar-refractivity contribution in [2.75, 3.05) is 19.8 Å². The first kappa shape index (κ1) is 16.5. The van der Waals surface area contributed by atoms with Crippen molar-refractivity contribution in [2.45, 2.75) is 39.7 Å². The second-order valence-corrected chi connectivity index (χ2v) is 4.67. The van der Waals surface area contributed by atoms with Crippen LogP contribution in [-0.2, 0) is 9.53 Å². The van der Waals surface area contributed by atoms with E-state index in [1.54, 1.807) is 0 Å². The van der Waals surface area contributed by atoms with Crippen LogP contribution in [0.5, 0.6) is 5.75 Å². The minimum absolute atomic E-state index is 0.0652. The third-order valence-corrected chi connectivity index (χ3v) is 2.93. The van der Waals surface area contributed by atoms with E-state index in [1.807, 2.05) is 45.0 Å². The molecule has 20 heavy (non-hydrogen) atoms. The number of amides is 1. The first-order chi connectivity index (χ1) is 9.67. The van der Waals surface area contributed by atoms with Crippen molar-refractivity contribution in [2.24, 2.45) is 0 Å². The number of hydrogen-bond acceptors (Lipinski definition) is 3. The highest BCUT2D eigenvalue weighted by atomic mass is 16.5. The molecule has 0 aliphatic rings. The SMILES string of the molecule is CCOCCCNC(=O)[C@@H](CC)Oc1ccc(C)cc1. The number of rotatable bonds is 9. The number of benzene rings is 1. The van der Waals surface area contributed by atoms with Crippen LogP contribution >= 0.6 is 0 Å². The molecule has 1 N–H and O–H groups in total. The van der Waals surface area contributed by atoms with Crippen LogP contribution in [0.15, 0.2) is 24.3 Å². The lowest BCUT2D eigenvalue weighted by atomic mass is 10.2. The van der Waals surface area contributed by atoms with Crippen molar-refractivity contribution in [1.29, 1.82) is 0 Å². The molecule has 0 unspecified atom stereocenters. The molecule has 0 bridgehead atoms. The number of carbonyl (C=O) groups excluding carboxylic acids is 1. The van der Waals surface area contributed by atoms with Gasteiger partial charge in [-0.1, -0.05) is 24.6 Å². The van der Waals surface area contributed by atoms with E-state index in [2.05, 4.69) is 5.32 Å². The Bertz CT molecular complexity index is 389. The largest absolute Gasteiger partial charge is 0.481 e. The summed E-state index contributed by atoms with van der Waals surface area (Å²) in [6.45, 7) is 7.92. The lowest BCUT2D eigenvalue weighted by Gasteiger charge is -2.17. The van der Waals surface area contributed by atoms with E-state index in [-0.39, 0.29) is 5.91 Å². The zero-order chi connectivity index (χ0) is 14.8. The summed E-state index contributed by atoms with van der Waals surface area (Å²) in [5, 5.41) is 2.88. The molecule has 1 aromatic rings. The van der Waals surface area contributed by atoms with Gasteiger partial charge in [0.15, 0.2) is 6.10 Å². The van der Waals surface area contributed by atoms with Gasteiger partial charge in [0.1, 0.15) is 5.75 Å². The number of ether oxygens (including phenoxy) is 2. The normalized spacial score (nSPS) is 11.9. The van der Waals surface area contributed by atoms with Crippen LogP contribution in [0.25, 0.3) is 0 Å². The van der Waals surface area contributed by atoms with Gasteiger partial charge in [-0.25, -0.2) is 0 Å². The first-order valence-electron chi connectivity index (χ1n) is 7.26. The number of aryl methyl sites for hydroxylation is 1. The maximum absolute atomic E-state index is 12.0. The van der Waals surface area contributed by atoms with Crippen LogP contribution in [0, 0.1) is 6.92 Å². The molecule has 0 saturated carbocycles. The predicted octanol–water partition coefficient (Wildman–Crippen LogP) is 2.70. The molecule has 1 aromatic carbocycles. The second-order valence-electron chi connectivity index (χ2n) is 4.67. The summed E-state index contributed by atoms with van der Waals surface area (Å²) in [7, 11) is 0. The number of carbonyl (C=O) groups is 1. The monoisotopic (exact) mass is 279 g/mol. The van der Waals surface area contributed by atoms with Crippen LogP contribution in [0.4, 0.5) is 0 Å². The second kappa shape index (κ2) is 9.37. The molecule has 0 aliphatic carbocycles. The van der Waals surface area contributed by atoms with Crippen molar-refractivity contribution < 1.29 is 14.3 Å². The van der Waals surface area contributed by atoms with Crippen molar-refractivity contribution in [3.63, 3.8) is 0 Å². The predicted molar refractivity (Wildman–Crippen MR) is 80.0 cm³/mol. The summed E-state index contributed by atoms with van der Waals surface area (Å²) in [4.78, 5) is 12.0. The fourth-order valence-corrected chi connectivity index (χ4v) is 1.75. The van der Waals surface area contributed by atoms with Crippen LogP contribution in [0.1, 0.15) is 32.3 Å². The summed E-state index contributed by atoms with van der Waals surface area (Å²) in [6.07, 6.45) is 1.02. The van der Waals surface area contributed by atoms with Crippen LogP contribution < -0.4 is 10.1 Å². The van der Waals surface area contributed by atoms with Gasteiger partial charge in [0, 0.05) is 19.8 Å². The Morgan fingerprint density at radius 1 is 1.25 bits per heavy atom. The Hall–Kier alpha value is -1.55. The average Bonchev–Trinajstić information content (AvgIpc) is 2.46. The minimum atomic E-state index is -0.440. The maximum atomic E-state index is 12.0. The topological polar surface area (TPSA) is 47.6 Å². The van der Waals surface area contributed by atoms with E-state index in [4.69, 9.17) is 9.47 Å². The zero-order valence-electron chi connectivity index (χ0n) is 12.6. The molecule has 4 nitrogen and oxygen atoms in total. The van der Waals surface area contributed by atoms with E-state index >= 15 is 0 Å². The van der Waals surface area contributed by atoms with Crippen molar-refractivity contribution in [3.05, 3.63) is 29.8 Å². The smallest absolute Gasteiger partial charge is 0.261 e. The molecule has 1 rings (SSSR count). The van der Waals surface area contributed by atoms with Gasteiger partial charge in [-0.15, -0.1) is 0 Å².